The lowest BCUT2D eigenvalue weighted by Gasteiger charge is -2.20. The number of nitrogens with zero attached hydrogens (tertiary/aromatic N) is 2. The minimum Gasteiger partial charge on any atom is -0.493 e. The van der Waals surface area contributed by atoms with Gasteiger partial charge in [-0.15, -0.1) is 0 Å². The number of amides is 1. The fourth-order valence-corrected chi connectivity index (χ4v) is 3.60. The molecule has 1 heterocycles. The summed E-state index contributed by atoms with van der Waals surface area (Å²) in [4.78, 5) is 16.7. The molecule has 0 saturated carbocycles. The van der Waals surface area contributed by atoms with Gasteiger partial charge in [-0.25, -0.2) is 0 Å². The second kappa shape index (κ2) is 9.46. The van der Waals surface area contributed by atoms with Gasteiger partial charge >= 0.3 is 0 Å². The number of likely N-dealkylation sites (N-methyl/N-ethyl adjacent to an activating group) is 1. The predicted molar refractivity (Wildman–Crippen MR) is 112 cm³/mol. The van der Waals surface area contributed by atoms with E-state index in [-0.39, 0.29) is 12.5 Å². The summed E-state index contributed by atoms with van der Waals surface area (Å²) in [5, 5.41) is 2.97. The van der Waals surface area contributed by atoms with Gasteiger partial charge in [-0.2, -0.15) is 0 Å². The van der Waals surface area contributed by atoms with Crippen LogP contribution >= 0.6 is 0 Å². The highest BCUT2D eigenvalue weighted by Crippen LogP contribution is 2.31. The van der Waals surface area contributed by atoms with Crippen molar-refractivity contribution in [3.05, 3.63) is 48.0 Å². The summed E-state index contributed by atoms with van der Waals surface area (Å²) in [6.45, 7) is 3.10. The van der Waals surface area contributed by atoms with Crippen LogP contribution in [0.3, 0.4) is 0 Å². The molecule has 28 heavy (non-hydrogen) atoms. The van der Waals surface area contributed by atoms with E-state index in [4.69, 9.17) is 9.47 Å². The molecule has 0 aliphatic carbocycles. The first-order valence-corrected chi connectivity index (χ1v) is 9.64. The van der Waals surface area contributed by atoms with Crippen molar-refractivity contribution in [2.24, 2.45) is 0 Å². The number of rotatable bonds is 8. The first kappa shape index (κ1) is 20.0. The van der Waals surface area contributed by atoms with Gasteiger partial charge in [0.1, 0.15) is 0 Å². The molecule has 0 unspecified atom stereocenters. The van der Waals surface area contributed by atoms with Gasteiger partial charge < -0.3 is 19.7 Å². The van der Waals surface area contributed by atoms with Crippen LogP contribution in [0.1, 0.15) is 18.4 Å². The normalized spacial score (nSPS) is 13.6. The molecule has 1 aliphatic heterocycles. The number of carbonyl (C=O) groups excluding carboxylic acids is 1. The molecule has 1 amide bonds. The summed E-state index contributed by atoms with van der Waals surface area (Å²) in [6, 6.07) is 13.9. The largest absolute Gasteiger partial charge is 0.493 e. The monoisotopic (exact) mass is 383 g/mol. The predicted octanol–water partition coefficient (Wildman–Crippen LogP) is 3.37. The highest BCUT2D eigenvalue weighted by Gasteiger charge is 2.14. The van der Waals surface area contributed by atoms with Crippen LogP contribution in [0.25, 0.3) is 0 Å². The molecule has 6 nitrogen and oxygen atoms in total. The first-order chi connectivity index (χ1) is 13.6. The van der Waals surface area contributed by atoms with Gasteiger partial charge in [-0.05, 0) is 50.2 Å². The average Bonchev–Trinajstić information content (AvgIpc) is 3.23. The smallest absolute Gasteiger partial charge is 0.238 e. The van der Waals surface area contributed by atoms with Crippen molar-refractivity contribution in [3.63, 3.8) is 0 Å². The standard InChI is InChI=1S/C22H29N3O3/c1-24(15-17-7-6-8-20(27-2)22(17)28-3)16-21(26)23-18-9-11-19(12-10-18)25-13-4-5-14-25/h6-12H,4-5,13-16H2,1-3H3,(H,23,26). The van der Waals surface area contributed by atoms with Gasteiger partial charge in [-0.1, -0.05) is 12.1 Å². The van der Waals surface area contributed by atoms with Gasteiger partial charge in [0, 0.05) is 36.6 Å². The van der Waals surface area contributed by atoms with E-state index in [9.17, 15) is 4.79 Å². The second-order valence-electron chi connectivity index (χ2n) is 7.11. The van der Waals surface area contributed by atoms with Crippen LogP contribution in [0.2, 0.25) is 0 Å². The maximum Gasteiger partial charge on any atom is 0.238 e. The minimum absolute atomic E-state index is 0.0433. The molecule has 0 aromatic heterocycles. The first-order valence-electron chi connectivity index (χ1n) is 9.64. The summed E-state index contributed by atoms with van der Waals surface area (Å²) in [5.41, 5.74) is 3.02. The highest BCUT2D eigenvalue weighted by atomic mass is 16.5. The number of anilines is 2. The lowest BCUT2D eigenvalue weighted by molar-refractivity contribution is -0.117. The molecular formula is C22H29N3O3. The summed E-state index contributed by atoms with van der Waals surface area (Å²) < 4.78 is 10.8. The second-order valence-corrected chi connectivity index (χ2v) is 7.11. The van der Waals surface area contributed by atoms with Crippen LogP contribution in [0.5, 0.6) is 11.5 Å². The number of nitrogens with one attached hydrogen (secondary N) is 1. The molecule has 0 spiro atoms. The van der Waals surface area contributed by atoms with Crippen molar-refractivity contribution in [1.82, 2.24) is 4.90 Å². The number of benzene rings is 2. The average molecular weight is 383 g/mol. The summed E-state index contributed by atoms with van der Waals surface area (Å²) in [7, 11) is 5.16. The van der Waals surface area contributed by atoms with Crippen LogP contribution in [-0.2, 0) is 11.3 Å². The Morgan fingerprint density at radius 3 is 2.43 bits per heavy atom. The molecule has 1 aliphatic rings. The van der Waals surface area contributed by atoms with E-state index in [0.717, 1.165) is 24.3 Å². The van der Waals surface area contributed by atoms with Crippen LogP contribution in [0.15, 0.2) is 42.5 Å². The SMILES string of the molecule is COc1cccc(CN(C)CC(=O)Nc2ccc(N3CCCC3)cc2)c1OC. The van der Waals surface area contributed by atoms with E-state index in [0.29, 0.717) is 18.0 Å². The van der Waals surface area contributed by atoms with E-state index < -0.39 is 0 Å². The molecule has 0 bridgehead atoms. The van der Waals surface area contributed by atoms with Crippen molar-refractivity contribution in [2.45, 2.75) is 19.4 Å². The maximum absolute atomic E-state index is 12.4. The molecule has 6 heteroatoms. The number of ether oxygens (including phenoxy) is 2. The van der Waals surface area contributed by atoms with Gasteiger partial charge in [0.05, 0.1) is 20.8 Å². The third kappa shape index (κ3) is 4.95. The van der Waals surface area contributed by atoms with Gasteiger partial charge in [0.15, 0.2) is 11.5 Å². The Hall–Kier alpha value is -2.73. The third-order valence-corrected chi connectivity index (χ3v) is 4.96. The van der Waals surface area contributed by atoms with Crippen molar-refractivity contribution in [2.75, 3.05) is 51.1 Å². The van der Waals surface area contributed by atoms with E-state index in [1.54, 1.807) is 14.2 Å². The van der Waals surface area contributed by atoms with Crippen molar-refractivity contribution in [3.8, 4) is 11.5 Å². The number of methoxy groups -OCH3 is 2. The van der Waals surface area contributed by atoms with Gasteiger partial charge in [0.25, 0.3) is 0 Å². The molecule has 150 valence electrons. The number of hydrogen-bond donors (Lipinski definition) is 1. The third-order valence-electron chi connectivity index (χ3n) is 4.96. The molecule has 1 N–H and O–H groups in total. The van der Waals surface area contributed by atoms with Gasteiger partial charge in [0.2, 0.25) is 5.91 Å². The summed E-state index contributed by atoms with van der Waals surface area (Å²) in [5.74, 6) is 1.35. The Balaban J connectivity index is 1.54. The molecule has 2 aromatic carbocycles. The Bertz CT molecular complexity index is 786. The maximum atomic E-state index is 12.4. The van der Waals surface area contributed by atoms with Crippen molar-refractivity contribution >= 4 is 17.3 Å². The van der Waals surface area contributed by atoms with E-state index in [2.05, 4.69) is 22.3 Å². The molecular weight excluding hydrogens is 354 g/mol. The van der Waals surface area contributed by atoms with E-state index in [1.165, 1.54) is 18.5 Å². The molecule has 1 saturated heterocycles. The van der Waals surface area contributed by atoms with Crippen LogP contribution < -0.4 is 19.7 Å². The van der Waals surface area contributed by atoms with E-state index in [1.807, 2.05) is 42.3 Å². The zero-order chi connectivity index (χ0) is 19.9. The van der Waals surface area contributed by atoms with Crippen molar-refractivity contribution in [1.29, 1.82) is 0 Å². The van der Waals surface area contributed by atoms with Crippen LogP contribution in [-0.4, -0.2) is 51.7 Å². The number of para-hydroxylation sites is 1. The van der Waals surface area contributed by atoms with Crippen LogP contribution in [0, 0.1) is 0 Å². The Kier molecular flexibility index (Phi) is 6.76. The molecule has 3 rings (SSSR count). The molecule has 2 aromatic rings. The Morgan fingerprint density at radius 2 is 1.79 bits per heavy atom. The number of hydrogen-bond acceptors (Lipinski definition) is 5. The van der Waals surface area contributed by atoms with E-state index >= 15 is 0 Å². The van der Waals surface area contributed by atoms with Crippen molar-refractivity contribution < 1.29 is 14.3 Å². The van der Waals surface area contributed by atoms with Crippen LogP contribution in [0.4, 0.5) is 11.4 Å². The number of carbonyl (C=O) groups is 1. The quantitative estimate of drug-likeness (QED) is 0.757. The fraction of sp³-hybridized carbons (Fsp3) is 0.409. The van der Waals surface area contributed by atoms with Gasteiger partial charge in [-0.3, -0.25) is 9.69 Å². The summed E-state index contributed by atoms with van der Waals surface area (Å²) in [6.07, 6.45) is 2.51. The lowest BCUT2D eigenvalue weighted by atomic mass is 10.1. The lowest BCUT2D eigenvalue weighted by Crippen LogP contribution is -2.30. The topological polar surface area (TPSA) is 54.0 Å². The molecule has 0 atom stereocenters. The highest BCUT2D eigenvalue weighted by molar-refractivity contribution is 5.92. The zero-order valence-electron chi connectivity index (χ0n) is 16.9. The Morgan fingerprint density at radius 1 is 1.07 bits per heavy atom. The molecule has 0 radical (unpaired) electrons. The molecule has 1 fully saturated rings. The fourth-order valence-electron chi connectivity index (χ4n) is 3.60. The zero-order valence-corrected chi connectivity index (χ0v) is 16.9. The Labute approximate surface area is 167 Å². The summed E-state index contributed by atoms with van der Waals surface area (Å²) >= 11 is 0. The minimum atomic E-state index is -0.0433.